The monoisotopic (exact) mass is 412 g/mol. The van der Waals surface area contributed by atoms with Crippen LogP contribution < -0.4 is 5.32 Å². The SMILES string of the molecule is O=C(N[C@H]1CCc2[nH]c3cc(Cl)cc(Cl)c3c2C1)c1ccc(F)c(F)c1F. The van der Waals surface area contributed by atoms with Crippen LogP contribution in [0.2, 0.25) is 10.0 Å². The van der Waals surface area contributed by atoms with E-state index in [1.165, 1.54) is 0 Å². The molecule has 0 saturated carbocycles. The minimum absolute atomic E-state index is 0.289. The van der Waals surface area contributed by atoms with Crippen molar-refractivity contribution in [3.05, 3.63) is 68.6 Å². The quantitative estimate of drug-likeness (QED) is 0.559. The van der Waals surface area contributed by atoms with Gasteiger partial charge in [-0.2, -0.15) is 0 Å². The fourth-order valence-corrected chi connectivity index (χ4v) is 4.17. The van der Waals surface area contributed by atoms with E-state index in [0.717, 1.165) is 34.3 Å². The molecule has 0 unspecified atom stereocenters. The van der Waals surface area contributed by atoms with Gasteiger partial charge in [0.2, 0.25) is 0 Å². The molecule has 1 heterocycles. The molecule has 1 aromatic heterocycles. The van der Waals surface area contributed by atoms with E-state index in [0.29, 0.717) is 29.3 Å². The fraction of sp³-hybridized carbons (Fsp3) is 0.211. The maximum absolute atomic E-state index is 13.8. The van der Waals surface area contributed by atoms with Gasteiger partial charge in [-0.15, -0.1) is 0 Å². The molecule has 0 bridgehead atoms. The lowest BCUT2D eigenvalue weighted by Crippen LogP contribution is -2.39. The Labute approximate surface area is 162 Å². The number of rotatable bonds is 2. The maximum atomic E-state index is 13.8. The van der Waals surface area contributed by atoms with Gasteiger partial charge in [-0.05, 0) is 49.1 Å². The van der Waals surface area contributed by atoms with Crippen LogP contribution in [0.3, 0.4) is 0 Å². The van der Waals surface area contributed by atoms with Crippen molar-refractivity contribution in [2.45, 2.75) is 25.3 Å². The summed E-state index contributed by atoms with van der Waals surface area (Å²) in [5.74, 6) is -5.27. The van der Waals surface area contributed by atoms with Gasteiger partial charge in [-0.3, -0.25) is 4.79 Å². The lowest BCUT2D eigenvalue weighted by Gasteiger charge is -2.24. The summed E-state index contributed by atoms with van der Waals surface area (Å²) in [6, 6.07) is 4.81. The minimum atomic E-state index is -1.66. The zero-order valence-corrected chi connectivity index (χ0v) is 15.3. The Balaban J connectivity index is 1.60. The third-order valence-corrected chi connectivity index (χ3v) is 5.33. The molecule has 1 atom stereocenters. The first-order valence-electron chi connectivity index (χ1n) is 8.28. The number of fused-ring (bicyclic) bond motifs is 3. The maximum Gasteiger partial charge on any atom is 0.254 e. The molecule has 0 spiro atoms. The first kappa shape index (κ1) is 18.2. The highest BCUT2D eigenvalue weighted by Gasteiger charge is 2.27. The highest BCUT2D eigenvalue weighted by Crippen LogP contribution is 2.36. The first-order valence-corrected chi connectivity index (χ1v) is 9.03. The fourth-order valence-electron chi connectivity index (χ4n) is 3.56. The predicted molar refractivity (Wildman–Crippen MR) is 97.9 cm³/mol. The molecule has 3 nitrogen and oxygen atoms in total. The van der Waals surface area contributed by atoms with E-state index in [9.17, 15) is 18.0 Å². The van der Waals surface area contributed by atoms with Crippen molar-refractivity contribution in [3.8, 4) is 0 Å². The highest BCUT2D eigenvalue weighted by atomic mass is 35.5. The lowest BCUT2D eigenvalue weighted by molar-refractivity contribution is 0.0928. The largest absolute Gasteiger partial charge is 0.358 e. The number of benzene rings is 2. The van der Waals surface area contributed by atoms with Crippen LogP contribution in [0.5, 0.6) is 0 Å². The molecule has 140 valence electrons. The molecule has 0 fully saturated rings. The topological polar surface area (TPSA) is 44.9 Å². The van der Waals surface area contributed by atoms with Crippen LogP contribution in [0.4, 0.5) is 13.2 Å². The Morgan fingerprint density at radius 1 is 1.15 bits per heavy atom. The van der Waals surface area contributed by atoms with Gasteiger partial charge in [0, 0.05) is 27.7 Å². The Morgan fingerprint density at radius 2 is 1.93 bits per heavy atom. The molecule has 4 rings (SSSR count). The third kappa shape index (κ3) is 3.17. The van der Waals surface area contributed by atoms with Crippen LogP contribution in [0, 0.1) is 17.5 Å². The number of amides is 1. The van der Waals surface area contributed by atoms with Crippen LogP contribution in [0.25, 0.3) is 10.9 Å². The molecule has 0 saturated heterocycles. The number of aromatic amines is 1. The normalized spacial score (nSPS) is 16.4. The van der Waals surface area contributed by atoms with Crippen LogP contribution in [0.15, 0.2) is 24.3 Å². The number of aryl methyl sites for hydroxylation is 1. The van der Waals surface area contributed by atoms with Crippen LogP contribution >= 0.6 is 23.2 Å². The van der Waals surface area contributed by atoms with Crippen LogP contribution in [0.1, 0.15) is 28.0 Å². The Morgan fingerprint density at radius 3 is 2.70 bits per heavy atom. The Kier molecular flexibility index (Phi) is 4.56. The van der Waals surface area contributed by atoms with Gasteiger partial charge in [-0.25, -0.2) is 13.2 Å². The standard InChI is InChI=1S/C19H13Cl2F3N2O/c20-8-5-12(21)16-11-7-9(1-4-14(11)26-15(16)6-8)25-19(27)10-2-3-13(22)18(24)17(10)23/h2-3,5-6,9,26H,1,4,7H2,(H,25,27)/t9-/m0/s1. The van der Waals surface area contributed by atoms with Crippen molar-refractivity contribution in [2.75, 3.05) is 0 Å². The molecule has 2 N–H and O–H groups in total. The number of carbonyl (C=O) groups is 1. The molecule has 3 aromatic rings. The smallest absolute Gasteiger partial charge is 0.254 e. The van der Waals surface area contributed by atoms with Gasteiger partial charge >= 0.3 is 0 Å². The average molecular weight is 413 g/mol. The molecule has 27 heavy (non-hydrogen) atoms. The minimum Gasteiger partial charge on any atom is -0.358 e. The molecule has 1 aliphatic rings. The summed E-state index contributed by atoms with van der Waals surface area (Å²) < 4.78 is 40.3. The van der Waals surface area contributed by atoms with Crippen LogP contribution in [-0.4, -0.2) is 16.9 Å². The average Bonchev–Trinajstić information content (AvgIpc) is 2.97. The summed E-state index contributed by atoms with van der Waals surface area (Å²) in [6.07, 6.45) is 1.75. The van der Waals surface area contributed by atoms with Gasteiger partial charge in [0.1, 0.15) is 0 Å². The lowest BCUT2D eigenvalue weighted by atomic mass is 9.91. The number of halogens is 5. The predicted octanol–water partition coefficient (Wildman–Crippen LogP) is 5.18. The van der Waals surface area contributed by atoms with Crippen molar-refractivity contribution in [1.29, 1.82) is 0 Å². The van der Waals surface area contributed by atoms with Crippen molar-refractivity contribution < 1.29 is 18.0 Å². The molecule has 1 amide bonds. The molecular formula is C19H13Cl2F3N2O. The summed E-state index contributed by atoms with van der Waals surface area (Å²) in [5, 5.41) is 4.57. The number of hydrogen-bond donors (Lipinski definition) is 2. The van der Waals surface area contributed by atoms with E-state index < -0.39 is 28.9 Å². The van der Waals surface area contributed by atoms with Gasteiger partial charge < -0.3 is 10.3 Å². The molecule has 0 radical (unpaired) electrons. The molecule has 1 aliphatic carbocycles. The number of hydrogen-bond acceptors (Lipinski definition) is 1. The first-order chi connectivity index (χ1) is 12.8. The van der Waals surface area contributed by atoms with Gasteiger partial charge in [0.15, 0.2) is 17.5 Å². The summed E-state index contributed by atoms with van der Waals surface area (Å²) in [4.78, 5) is 15.6. The second-order valence-electron chi connectivity index (χ2n) is 6.53. The van der Waals surface area contributed by atoms with E-state index in [2.05, 4.69) is 10.3 Å². The van der Waals surface area contributed by atoms with Crippen LogP contribution in [-0.2, 0) is 12.8 Å². The summed E-state index contributed by atoms with van der Waals surface area (Å²) >= 11 is 12.4. The number of aromatic nitrogens is 1. The van der Waals surface area contributed by atoms with Gasteiger partial charge in [-0.1, -0.05) is 23.2 Å². The van der Waals surface area contributed by atoms with E-state index in [1.807, 2.05) is 0 Å². The molecular weight excluding hydrogens is 400 g/mol. The summed E-state index contributed by atoms with van der Waals surface area (Å²) in [5.41, 5.74) is 2.27. The summed E-state index contributed by atoms with van der Waals surface area (Å²) in [7, 11) is 0. The summed E-state index contributed by atoms with van der Waals surface area (Å²) in [6.45, 7) is 0. The number of H-pyrrole nitrogens is 1. The molecule has 8 heteroatoms. The zero-order chi connectivity index (χ0) is 19.3. The highest BCUT2D eigenvalue weighted by molar-refractivity contribution is 6.38. The van der Waals surface area contributed by atoms with E-state index in [1.54, 1.807) is 12.1 Å². The molecule has 2 aromatic carbocycles. The van der Waals surface area contributed by atoms with E-state index in [-0.39, 0.29) is 6.04 Å². The van der Waals surface area contributed by atoms with Gasteiger partial charge in [0.05, 0.1) is 10.6 Å². The Hall–Kier alpha value is -2.18. The van der Waals surface area contributed by atoms with Crippen molar-refractivity contribution in [2.24, 2.45) is 0 Å². The Bertz CT molecular complexity index is 1080. The second-order valence-corrected chi connectivity index (χ2v) is 7.37. The van der Waals surface area contributed by atoms with Crippen molar-refractivity contribution in [3.63, 3.8) is 0 Å². The second kappa shape index (κ2) is 6.77. The van der Waals surface area contributed by atoms with Crippen molar-refractivity contribution in [1.82, 2.24) is 10.3 Å². The van der Waals surface area contributed by atoms with Gasteiger partial charge in [0.25, 0.3) is 5.91 Å². The zero-order valence-electron chi connectivity index (χ0n) is 13.8. The van der Waals surface area contributed by atoms with E-state index in [4.69, 9.17) is 23.2 Å². The number of nitrogens with one attached hydrogen (secondary N) is 2. The van der Waals surface area contributed by atoms with E-state index >= 15 is 0 Å². The molecule has 0 aliphatic heterocycles. The van der Waals surface area contributed by atoms with Crippen molar-refractivity contribution >= 4 is 40.0 Å². The number of carbonyl (C=O) groups excluding carboxylic acids is 1. The third-order valence-electron chi connectivity index (χ3n) is 4.81.